The summed E-state index contributed by atoms with van der Waals surface area (Å²) in [7, 11) is 0. The maximum atomic E-state index is 12.8. The lowest BCUT2D eigenvalue weighted by molar-refractivity contribution is -0.148. The number of nitrogens with zero attached hydrogens (tertiary/aromatic N) is 1. The van der Waals surface area contributed by atoms with Gasteiger partial charge in [-0.1, -0.05) is 23.2 Å². The molecule has 0 aromatic heterocycles. The molecule has 0 unspecified atom stereocenters. The molecule has 1 fully saturated rings. The van der Waals surface area contributed by atoms with Crippen LogP contribution in [0.25, 0.3) is 0 Å². The zero-order chi connectivity index (χ0) is 14.8. The molecule has 0 amide bonds. The van der Waals surface area contributed by atoms with Crippen LogP contribution in [0.1, 0.15) is 18.0 Å². The van der Waals surface area contributed by atoms with Crippen molar-refractivity contribution in [1.82, 2.24) is 10.2 Å². The van der Waals surface area contributed by atoms with Crippen LogP contribution >= 0.6 is 35.6 Å². The normalized spacial score (nSPS) is 18.1. The second-order valence-corrected chi connectivity index (χ2v) is 5.70. The molecule has 2 rings (SSSR count). The van der Waals surface area contributed by atoms with Crippen molar-refractivity contribution in [2.75, 3.05) is 26.2 Å². The topological polar surface area (TPSA) is 15.3 Å². The molecule has 8 heteroatoms. The van der Waals surface area contributed by atoms with Crippen molar-refractivity contribution >= 4 is 35.6 Å². The van der Waals surface area contributed by atoms with Crippen LogP contribution in [0.3, 0.4) is 0 Å². The van der Waals surface area contributed by atoms with Gasteiger partial charge in [0.25, 0.3) is 0 Å². The van der Waals surface area contributed by atoms with Crippen LogP contribution in [-0.4, -0.2) is 37.3 Å². The average Bonchev–Trinajstić information content (AvgIpc) is 2.35. The summed E-state index contributed by atoms with van der Waals surface area (Å²) in [5, 5.41) is 3.84. The van der Waals surface area contributed by atoms with Crippen molar-refractivity contribution in [2.45, 2.75) is 18.6 Å². The summed E-state index contributed by atoms with van der Waals surface area (Å²) in [6.45, 7) is 2.51. The first-order valence-corrected chi connectivity index (χ1v) is 7.08. The van der Waals surface area contributed by atoms with E-state index >= 15 is 0 Å². The predicted molar refractivity (Wildman–Crippen MR) is 81.6 cm³/mol. The van der Waals surface area contributed by atoms with Gasteiger partial charge in [-0.05, 0) is 23.8 Å². The van der Waals surface area contributed by atoms with E-state index in [2.05, 4.69) is 5.32 Å². The highest BCUT2D eigenvalue weighted by Crippen LogP contribution is 2.36. The van der Waals surface area contributed by atoms with E-state index in [1.54, 1.807) is 12.1 Å². The molecule has 0 radical (unpaired) electrons. The van der Waals surface area contributed by atoms with Crippen LogP contribution in [0.4, 0.5) is 13.2 Å². The highest BCUT2D eigenvalue weighted by molar-refractivity contribution is 6.34. The number of hydrogen-bond donors (Lipinski definition) is 1. The Labute approximate surface area is 138 Å². The van der Waals surface area contributed by atoms with Crippen LogP contribution in [-0.2, 0) is 0 Å². The van der Waals surface area contributed by atoms with Gasteiger partial charge in [-0.15, -0.1) is 12.4 Å². The maximum Gasteiger partial charge on any atom is 0.390 e. The SMILES string of the molecule is Cl.FC(F)(F)C[C@H](c1cc(Cl)cc(Cl)c1)N1CCNCC1. The molecule has 0 aliphatic carbocycles. The number of rotatable bonds is 3. The Hall–Kier alpha value is -0.200. The largest absolute Gasteiger partial charge is 0.390 e. The highest BCUT2D eigenvalue weighted by atomic mass is 35.5. The van der Waals surface area contributed by atoms with Gasteiger partial charge < -0.3 is 5.32 Å². The Morgan fingerprint density at radius 3 is 2.10 bits per heavy atom. The molecule has 1 aliphatic heterocycles. The number of piperazine rings is 1. The summed E-state index contributed by atoms with van der Waals surface area (Å²) in [6.07, 6.45) is -5.13. The van der Waals surface area contributed by atoms with Gasteiger partial charge in [-0.3, -0.25) is 4.90 Å². The number of benzene rings is 1. The lowest BCUT2D eigenvalue weighted by atomic mass is 10.0. The van der Waals surface area contributed by atoms with Gasteiger partial charge in [0.1, 0.15) is 0 Å². The summed E-state index contributed by atoms with van der Waals surface area (Å²) in [5.41, 5.74) is 0.515. The van der Waals surface area contributed by atoms with E-state index in [9.17, 15) is 13.2 Å². The van der Waals surface area contributed by atoms with Crippen molar-refractivity contribution in [3.8, 4) is 0 Å². The monoisotopic (exact) mass is 362 g/mol. The Bertz CT molecular complexity index is 442. The van der Waals surface area contributed by atoms with E-state index in [-0.39, 0.29) is 12.4 Å². The first-order valence-electron chi connectivity index (χ1n) is 6.33. The van der Waals surface area contributed by atoms with Gasteiger partial charge in [-0.25, -0.2) is 0 Å². The Kier molecular flexibility index (Phi) is 7.07. The molecule has 1 N–H and O–H groups in total. The molecular weight excluding hydrogens is 348 g/mol. The van der Waals surface area contributed by atoms with Crippen LogP contribution < -0.4 is 5.32 Å². The van der Waals surface area contributed by atoms with Crippen molar-refractivity contribution in [3.05, 3.63) is 33.8 Å². The van der Waals surface area contributed by atoms with Gasteiger partial charge in [-0.2, -0.15) is 13.2 Å². The van der Waals surface area contributed by atoms with Crippen molar-refractivity contribution in [2.24, 2.45) is 0 Å². The number of hydrogen-bond acceptors (Lipinski definition) is 2. The fraction of sp³-hybridized carbons (Fsp3) is 0.538. The molecule has 1 saturated heterocycles. The molecule has 1 heterocycles. The highest BCUT2D eigenvalue weighted by Gasteiger charge is 2.36. The minimum absolute atomic E-state index is 0. The quantitative estimate of drug-likeness (QED) is 0.860. The maximum absolute atomic E-state index is 12.8. The molecular formula is C13H16Cl3F3N2. The van der Waals surface area contributed by atoms with E-state index in [4.69, 9.17) is 23.2 Å². The Balaban J connectivity index is 0.00000220. The van der Waals surface area contributed by atoms with Crippen LogP contribution in [0, 0.1) is 0 Å². The minimum atomic E-state index is -4.23. The standard InChI is InChI=1S/C13H15Cl2F3N2.ClH/c14-10-5-9(6-11(15)7-10)12(8-13(16,17)18)20-3-1-19-2-4-20;/h5-7,12,19H,1-4,8H2;1H/t12-;/m1./s1. The van der Waals surface area contributed by atoms with Crippen molar-refractivity contribution in [1.29, 1.82) is 0 Å². The van der Waals surface area contributed by atoms with Gasteiger partial charge >= 0.3 is 6.18 Å². The third-order valence-electron chi connectivity index (χ3n) is 3.29. The number of alkyl halides is 3. The molecule has 1 aromatic rings. The van der Waals surface area contributed by atoms with Crippen LogP contribution in [0.2, 0.25) is 10.0 Å². The smallest absolute Gasteiger partial charge is 0.314 e. The Morgan fingerprint density at radius 1 is 1.10 bits per heavy atom. The first kappa shape index (κ1) is 18.8. The average molecular weight is 364 g/mol. The van der Waals surface area contributed by atoms with Crippen molar-refractivity contribution in [3.63, 3.8) is 0 Å². The first-order chi connectivity index (χ1) is 9.35. The lowest BCUT2D eigenvalue weighted by Gasteiger charge is -2.35. The molecule has 0 bridgehead atoms. The van der Waals surface area contributed by atoms with Crippen LogP contribution in [0.15, 0.2) is 18.2 Å². The summed E-state index contributed by atoms with van der Waals surface area (Å²) in [6, 6.07) is 3.90. The molecule has 0 saturated carbocycles. The van der Waals surface area contributed by atoms with E-state index in [0.29, 0.717) is 41.8 Å². The van der Waals surface area contributed by atoms with Gasteiger partial charge in [0, 0.05) is 42.3 Å². The molecule has 1 aliphatic rings. The number of halogens is 6. The summed E-state index contributed by atoms with van der Waals surface area (Å²) in [4.78, 5) is 1.83. The zero-order valence-corrected chi connectivity index (χ0v) is 13.4. The van der Waals surface area contributed by atoms with E-state index < -0.39 is 18.6 Å². The second-order valence-electron chi connectivity index (χ2n) is 4.82. The third kappa shape index (κ3) is 5.83. The van der Waals surface area contributed by atoms with Gasteiger partial charge in [0.2, 0.25) is 0 Å². The summed E-state index contributed by atoms with van der Waals surface area (Å²) >= 11 is 11.8. The molecule has 0 spiro atoms. The third-order valence-corrected chi connectivity index (χ3v) is 3.72. The summed E-state index contributed by atoms with van der Waals surface area (Å²) < 4.78 is 38.5. The van der Waals surface area contributed by atoms with Crippen LogP contribution in [0.5, 0.6) is 0 Å². The fourth-order valence-corrected chi connectivity index (χ4v) is 2.98. The fourth-order valence-electron chi connectivity index (χ4n) is 2.44. The van der Waals surface area contributed by atoms with E-state index in [1.165, 1.54) is 6.07 Å². The molecule has 120 valence electrons. The van der Waals surface area contributed by atoms with Gasteiger partial charge in [0.05, 0.1) is 6.42 Å². The van der Waals surface area contributed by atoms with E-state index in [0.717, 1.165) is 0 Å². The predicted octanol–water partition coefficient (Wildman–Crippen LogP) is 4.31. The number of nitrogens with one attached hydrogen (secondary N) is 1. The zero-order valence-electron chi connectivity index (χ0n) is 11.1. The Morgan fingerprint density at radius 2 is 1.62 bits per heavy atom. The van der Waals surface area contributed by atoms with Gasteiger partial charge in [0.15, 0.2) is 0 Å². The molecule has 1 atom stereocenters. The lowest BCUT2D eigenvalue weighted by Crippen LogP contribution is -2.46. The van der Waals surface area contributed by atoms with E-state index in [1.807, 2.05) is 4.90 Å². The molecule has 1 aromatic carbocycles. The molecule has 2 nitrogen and oxygen atoms in total. The summed E-state index contributed by atoms with van der Waals surface area (Å²) in [5.74, 6) is 0. The van der Waals surface area contributed by atoms with Crippen molar-refractivity contribution < 1.29 is 13.2 Å². The minimum Gasteiger partial charge on any atom is -0.314 e. The molecule has 21 heavy (non-hydrogen) atoms. The second kappa shape index (κ2) is 7.88.